The summed E-state index contributed by atoms with van der Waals surface area (Å²) >= 11 is 7.53. The van der Waals surface area contributed by atoms with Crippen molar-refractivity contribution in [3.05, 3.63) is 58.0 Å². The van der Waals surface area contributed by atoms with E-state index in [0.29, 0.717) is 11.0 Å². The topological polar surface area (TPSA) is 71.8 Å². The Balaban J connectivity index is 1.68. The number of benzene rings is 1. The Hall–Kier alpha value is -2.38. The number of anilines is 2. The second kappa shape index (κ2) is 6.50. The van der Waals surface area contributed by atoms with Gasteiger partial charge in [0.1, 0.15) is 12.4 Å². The van der Waals surface area contributed by atoms with Gasteiger partial charge < -0.3 is 10.6 Å². The summed E-state index contributed by atoms with van der Waals surface area (Å²) in [5, 5.41) is 13.2. The predicted octanol–water partition coefficient (Wildman–Crippen LogP) is 3.65. The van der Waals surface area contributed by atoms with Crippen molar-refractivity contribution in [3.8, 4) is 0 Å². The van der Waals surface area contributed by atoms with Crippen LogP contribution in [0, 0.1) is 5.92 Å². The Kier molecular flexibility index (Phi) is 4.19. The van der Waals surface area contributed by atoms with Gasteiger partial charge in [-0.1, -0.05) is 17.7 Å². The number of halogens is 1. The minimum absolute atomic E-state index is 0.0677. The van der Waals surface area contributed by atoms with Gasteiger partial charge in [0.2, 0.25) is 11.9 Å². The molecule has 0 saturated carbocycles. The van der Waals surface area contributed by atoms with E-state index in [-0.39, 0.29) is 23.9 Å². The quantitative estimate of drug-likeness (QED) is 0.735. The molecule has 3 aromatic rings. The van der Waals surface area contributed by atoms with Crippen LogP contribution >= 0.6 is 22.9 Å². The van der Waals surface area contributed by atoms with E-state index in [2.05, 4.69) is 20.7 Å². The van der Waals surface area contributed by atoms with Crippen molar-refractivity contribution < 1.29 is 4.79 Å². The number of amides is 1. The standard InChI is InChI=1S/C17H16ClN5OS/c1-10-14(16(24)22-12-6-4-11(18)5-7-12)15(13-3-2-8-25-13)23-17(21-10)19-9-20-23/h2-10,14-15H,1H3,(H,22,24)(H,19,20,21)/t10-,14-,15+/m0/s1. The van der Waals surface area contributed by atoms with Gasteiger partial charge in [-0.3, -0.25) is 4.79 Å². The van der Waals surface area contributed by atoms with Crippen LogP contribution in [-0.4, -0.2) is 26.7 Å². The predicted molar refractivity (Wildman–Crippen MR) is 99.1 cm³/mol. The first-order valence-electron chi connectivity index (χ1n) is 7.89. The number of nitrogens with one attached hydrogen (secondary N) is 2. The van der Waals surface area contributed by atoms with Crippen LogP contribution < -0.4 is 10.6 Å². The summed E-state index contributed by atoms with van der Waals surface area (Å²) in [6, 6.07) is 10.8. The molecule has 0 aliphatic carbocycles. The number of fused-ring (bicyclic) bond motifs is 1. The molecule has 3 atom stereocenters. The average molecular weight is 374 g/mol. The molecule has 2 N–H and O–H groups in total. The molecule has 6 nitrogen and oxygen atoms in total. The maximum Gasteiger partial charge on any atom is 0.232 e. The van der Waals surface area contributed by atoms with Crippen LogP contribution in [0.1, 0.15) is 17.8 Å². The zero-order valence-corrected chi connectivity index (χ0v) is 15.0. The monoisotopic (exact) mass is 373 g/mol. The second-order valence-corrected chi connectivity index (χ2v) is 7.36. The lowest BCUT2D eigenvalue weighted by Crippen LogP contribution is -2.46. The maximum absolute atomic E-state index is 13.1. The van der Waals surface area contributed by atoms with Crippen molar-refractivity contribution >= 4 is 40.5 Å². The van der Waals surface area contributed by atoms with Gasteiger partial charge in [-0.15, -0.1) is 11.3 Å². The number of carbonyl (C=O) groups is 1. The minimum atomic E-state index is -0.330. The highest BCUT2D eigenvalue weighted by Gasteiger charge is 2.41. The van der Waals surface area contributed by atoms with Gasteiger partial charge >= 0.3 is 0 Å². The SMILES string of the molecule is C[C@@H]1Nc2ncnn2[C@H](c2cccs2)[C@H]1C(=O)Nc1ccc(Cl)cc1. The summed E-state index contributed by atoms with van der Waals surface area (Å²) < 4.78 is 1.79. The Bertz CT molecular complexity index is 877. The number of hydrogen-bond acceptors (Lipinski definition) is 5. The fraction of sp³-hybridized carbons (Fsp3) is 0.235. The molecule has 0 unspecified atom stereocenters. The van der Waals surface area contributed by atoms with Crippen LogP contribution in [0.4, 0.5) is 11.6 Å². The molecule has 2 aromatic heterocycles. The van der Waals surface area contributed by atoms with Crippen LogP contribution in [-0.2, 0) is 4.79 Å². The minimum Gasteiger partial charge on any atom is -0.351 e. The summed E-state index contributed by atoms with van der Waals surface area (Å²) in [6.07, 6.45) is 1.51. The molecule has 0 saturated heterocycles. The zero-order chi connectivity index (χ0) is 17.4. The number of thiophene rings is 1. The summed E-state index contributed by atoms with van der Waals surface area (Å²) in [5.41, 5.74) is 0.718. The molecule has 1 aromatic carbocycles. The van der Waals surface area contributed by atoms with E-state index in [1.165, 1.54) is 6.33 Å². The lowest BCUT2D eigenvalue weighted by molar-refractivity contribution is -0.121. The molecule has 0 bridgehead atoms. The molecule has 1 aliphatic rings. The van der Waals surface area contributed by atoms with Crippen LogP contribution in [0.3, 0.4) is 0 Å². The van der Waals surface area contributed by atoms with Crippen molar-refractivity contribution in [1.82, 2.24) is 14.8 Å². The molecule has 0 fully saturated rings. The normalized spacial score (nSPS) is 22.1. The lowest BCUT2D eigenvalue weighted by atomic mass is 9.89. The van der Waals surface area contributed by atoms with Gasteiger partial charge in [0.05, 0.1) is 5.92 Å². The first-order valence-corrected chi connectivity index (χ1v) is 9.15. The number of aromatic nitrogens is 3. The number of carbonyl (C=O) groups excluding carboxylic acids is 1. The van der Waals surface area contributed by atoms with E-state index in [1.807, 2.05) is 24.4 Å². The van der Waals surface area contributed by atoms with Gasteiger partial charge in [0, 0.05) is 21.6 Å². The van der Waals surface area contributed by atoms with E-state index >= 15 is 0 Å². The van der Waals surface area contributed by atoms with E-state index in [1.54, 1.807) is 40.3 Å². The van der Waals surface area contributed by atoms with Crippen LogP contribution in [0.15, 0.2) is 48.1 Å². The number of rotatable bonds is 3. The van der Waals surface area contributed by atoms with Crippen molar-refractivity contribution in [2.75, 3.05) is 10.6 Å². The Morgan fingerprint density at radius 2 is 2.12 bits per heavy atom. The van der Waals surface area contributed by atoms with Crippen LogP contribution in [0.5, 0.6) is 0 Å². The van der Waals surface area contributed by atoms with Crippen molar-refractivity contribution in [3.63, 3.8) is 0 Å². The molecule has 1 aliphatic heterocycles. The van der Waals surface area contributed by atoms with E-state index < -0.39 is 0 Å². The zero-order valence-electron chi connectivity index (χ0n) is 13.4. The van der Waals surface area contributed by atoms with E-state index in [9.17, 15) is 4.79 Å². The highest BCUT2D eigenvalue weighted by atomic mass is 35.5. The highest BCUT2D eigenvalue weighted by Crippen LogP contribution is 2.38. The van der Waals surface area contributed by atoms with Gasteiger partial charge in [-0.25, -0.2) is 4.68 Å². The number of nitrogens with zero attached hydrogens (tertiary/aromatic N) is 3. The van der Waals surface area contributed by atoms with Crippen molar-refractivity contribution in [2.45, 2.75) is 19.0 Å². The molecule has 128 valence electrons. The first-order chi connectivity index (χ1) is 12.1. The molecule has 3 heterocycles. The third-order valence-electron chi connectivity index (χ3n) is 4.32. The third-order valence-corrected chi connectivity index (χ3v) is 5.52. The van der Waals surface area contributed by atoms with E-state index in [4.69, 9.17) is 11.6 Å². The third kappa shape index (κ3) is 3.01. The Morgan fingerprint density at radius 3 is 2.84 bits per heavy atom. The molecule has 8 heteroatoms. The molecule has 0 spiro atoms. The fourth-order valence-corrected chi connectivity index (χ4v) is 4.15. The van der Waals surface area contributed by atoms with Crippen LogP contribution in [0.25, 0.3) is 0 Å². The lowest BCUT2D eigenvalue weighted by Gasteiger charge is -2.36. The van der Waals surface area contributed by atoms with Crippen molar-refractivity contribution in [1.29, 1.82) is 0 Å². The van der Waals surface area contributed by atoms with Gasteiger partial charge in [0.25, 0.3) is 0 Å². The Morgan fingerprint density at radius 1 is 1.32 bits per heavy atom. The molecule has 4 rings (SSSR count). The summed E-state index contributed by atoms with van der Waals surface area (Å²) in [7, 11) is 0. The second-order valence-electron chi connectivity index (χ2n) is 5.94. The molecular weight excluding hydrogens is 358 g/mol. The molecule has 25 heavy (non-hydrogen) atoms. The van der Waals surface area contributed by atoms with Crippen molar-refractivity contribution in [2.24, 2.45) is 5.92 Å². The summed E-state index contributed by atoms with van der Waals surface area (Å²) in [5.74, 6) is 0.284. The Labute approximate surface area is 153 Å². The van der Waals surface area contributed by atoms with Gasteiger partial charge in [-0.2, -0.15) is 10.1 Å². The fourth-order valence-electron chi connectivity index (χ4n) is 3.16. The first kappa shape index (κ1) is 16.1. The summed E-state index contributed by atoms with van der Waals surface area (Å²) in [4.78, 5) is 18.4. The summed E-state index contributed by atoms with van der Waals surface area (Å²) in [6.45, 7) is 1.99. The largest absolute Gasteiger partial charge is 0.351 e. The maximum atomic E-state index is 13.1. The van der Waals surface area contributed by atoms with Crippen LogP contribution in [0.2, 0.25) is 5.02 Å². The number of hydrogen-bond donors (Lipinski definition) is 2. The van der Waals surface area contributed by atoms with E-state index in [0.717, 1.165) is 10.6 Å². The van der Waals surface area contributed by atoms with Gasteiger partial charge in [-0.05, 0) is 42.6 Å². The molecular formula is C17H16ClN5OS. The highest BCUT2D eigenvalue weighted by molar-refractivity contribution is 7.10. The van der Waals surface area contributed by atoms with Gasteiger partial charge in [0.15, 0.2) is 0 Å². The smallest absolute Gasteiger partial charge is 0.232 e. The average Bonchev–Trinajstić information content (AvgIpc) is 3.26. The molecule has 0 radical (unpaired) electrons. The molecule has 1 amide bonds.